The highest BCUT2D eigenvalue weighted by atomic mass is 127. The third-order valence-corrected chi connectivity index (χ3v) is 6.36. The molecule has 4 rings (SSSR count). The first-order valence-electron chi connectivity index (χ1n) is 10.4. The first kappa shape index (κ1) is 22.0. The normalized spacial score (nSPS) is 12.7. The maximum Gasteiger partial charge on any atom is 0.312 e. The Morgan fingerprint density at radius 1 is 1.03 bits per heavy atom. The number of ether oxygens (including phenoxy) is 2. The van der Waals surface area contributed by atoms with E-state index in [1.807, 2.05) is 16.7 Å². The molecule has 8 nitrogen and oxygen atoms in total. The highest BCUT2D eigenvalue weighted by Crippen LogP contribution is 2.36. The number of aliphatic hydroxyl groups excluding tert-OH is 1. The number of nitrogens with zero attached hydrogens (tertiary/aromatic N) is 4. The molecule has 0 radical (unpaired) electrons. The van der Waals surface area contributed by atoms with E-state index in [1.165, 1.54) is 0 Å². The lowest BCUT2D eigenvalue weighted by atomic mass is 10.1. The second kappa shape index (κ2) is 9.94. The van der Waals surface area contributed by atoms with E-state index in [0.717, 1.165) is 59.2 Å². The second-order valence-electron chi connectivity index (χ2n) is 7.55. The molecule has 3 aromatic rings. The fourth-order valence-electron chi connectivity index (χ4n) is 3.76. The summed E-state index contributed by atoms with van der Waals surface area (Å²) in [5.74, 6) is 2.26. The van der Waals surface area contributed by atoms with E-state index in [0.29, 0.717) is 29.9 Å². The average molecular weight is 541 g/mol. The zero-order valence-corrected chi connectivity index (χ0v) is 19.3. The zero-order chi connectivity index (χ0) is 21.8. The maximum atomic E-state index is 13.9. The van der Waals surface area contributed by atoms with Crippen molar-refractivity contribution in [2.24, 2.45) is 0 Å². The summed E-state index contributed by atoms with van der Waals surface area (Å²) < 4.78 is 27.8. The average Bonchev–Trinajstić information content (AvgIpc) is 3.32. The molecule has 3 N–H and O–H groups in total. The first-order chi connectivity index (χ1) is 15.1. The molecule has 0 unspecified atom stereocenters. The Morgan fingerprint density at radius 3 is 2.52 bits per heavy atom. The van der Waals surface area contributed by atoms with E-state index in [2.05, 4.69) is 37.5 Å². The number of benzene rings is 1. The van der Waals surface area contributed by atoms with Gasteiger partial charge in [0.1, 0.15) is 5.82 Å². The molecule has 1 aliphatic rings. The van der Waals surface area contributed by atoms with Crippen LogP contribution in [0.5, 0.6) is 11.5 Å². The van der Waals surface area contributed by atoms with Crippen LogP contribution in [0.3, 0.4) is 0 Å². The summed E-state index contributed by atoms with van der Waals surface area (Å²) >= 11 is 2.27. The topological polar surface area (TPSA) is 108 Å². The van der Waals surface area contributed by atoms with Gasteiger partial charge >= 0.3 is 6.08 Å². The molecule has 2 aromatic heterocycles. The molecule has 0 atom stereocenters. The van der Waals surface area contributed by atoms with Gasteiger partial charge in [-0.15, -0.1) is 0 Å². The molecular formula is C21H25FIN5O3. The van der Waals surface area contributed by atoms with Crippen molar-refractivity contribution in [3.8, 4) is 11.5 Å². The van der Waals surface area contributed by atoms with Crippen molar-refractivity contribution < 1.29 is 19.0 Å². The number of hydrogen-bond acceptors (Lipinski definition) is 7. The van der Waals surface area contributed by atoms with Gasteiger partial charge < -0.3 is 24.9 Å². The Kier molecular flexibility index (Phi) is 7.06. The number of aliphatic hydroxyl groups is 1. The van der Waals surface area contributed by atoms with Gasteiger partial charge in [0.05, 0.1) is 0 Å². The number of aryl methyl sites for hydroxylation is 1. The Balaban J connectivity index is 1.57. The number of hydrogen-bond donors (Lipinski definition) is 2. The van der Waals surface area contributed by atoms with Crippen molar-refractivity contribution >= 4 is 39.6 Å². The third kappa shape index (κ3) is 5.00. The summed E-state index contributed by atoms with van der Waals surface area (Å²) in [6.07, 6.45) is 5.71. The molecule has 3 heterocycles. The van der Waals surface area contributed by atoms with Gasteiger partial charge in [-0.3, -0.25) is 0 Å². The first-order valence-corrected chi connectivity index (χ1v) is 11.5. The Bertz CT molecular complexity index is 1080. The van der Waals surface area contributed by atoms with Crippen molar-refractivity contribution in [1.29, 1.82) is 0 Å². The zero-order valence-electron chi connectivity index (χ0n) is 17.1. The smallest absolute Gasteiger partial charge is 0.312 e. The molecule has 0 aliphatic carbocycles. The van der Waals surface area contributed by atoms with Crippen molar-refractivity contribution in [3.63, 3.8) is 0 Å². The monoisotopic (exact) mass is 541 g/mol. The summed E-state index contributed by atoms with van der Waals surface area (Å²) in [5.41, 5.74) is 7.83. The van der Waals surface area contributed by atoms with Crippen LogP contribution in [0.4, 0.5) is 10.2 Å². The minimum absolute atomic E-state index is 0.0480. The van der Waals surface area contributed by atoms with Gasteiger partial charge in [0.25, 0.3) is 0 Å². The number of nitrogens with two attached hydrogens (primary N) is 1. The Morgan fingerprint density at radius 2 is 1.74 bits per heavy atom. The van der Waals surface area contributed by atoms with Gasteiger partial charge in [-0.2, -0.15) is 14.4 Å². The van der Waals surface area contributed by atoms with Gasteiger partial charge in [0, 0.05) is 23.1 Å². The molecule has 1 aliphatic heterocycles. The summed E-state index contributed by atoms with van der Waals surface area (Å²) in [7, 11) is 0. The van der Waals surface area contributed by atoms with E-state index >= 15 is 0 Å². The molecule has 0 saturated heterocycles. The van der Waals surface area contributed by atoms with Gasteiger partial charge in [-0.25, -0.2) is 4.98 Å². The van der Waals surface area contributed by atoms with E-state index in [-0.39, 0.29) is 19.2 Å². The number of nitrogen functional groups attached to an aromatic ring is 1. The van der Waals surface area contributed by atoms with Crippen molar-refractivity contribution in [1.82, 2.24) is 19.5 Å². The predicted molar refractivity (Wildman–Crippen MR) is 123 cm³/mol. The van der Waals surface area contributed by atoms with Crippen molar-refractivity contribution in [2.75, 3.05) is 19.1 Å². The molecule has 0 spiro atoms. The van der Waals surface area contributed by atoms with Gasteiger partial charge in [-0.1, -0.05) is 25.7 Å². The molecule has 1 aromatic carbocycles. The van der Waals surface area contributed by atoms with Crippen LogP contribution in [-0.4, -0.2) is 38.0 Å². The van der Waals surface area contributed by atoms with E-state index in [4.69, 9.17) is 20.3 Å². The fraction of sp³-hybridized carbons (Fsp3) is 0.476. The van der Waals surface area contributed by atoms with Gasteiger partial charge in [0.2, 0.25) is 6.79 Å². The number of aromatic nitrogens is 4. The summed E-state index contributed by atoms with van der Waals surface area (Å²) in [6, 6.07) is 3.91. The van der Waals surface area contributed by atoms with Crippen LogP contribution in [0.2, 0.25) is 0 Å². The molecule has 0 fully saturated rings. The predicted octanol–water partition coefficient (Wildman–Crippen LogP) is 3.80. The Hall–Kier alpha value is -2.21. The number of halogens is 2. The quantitative estimate of drug-likeness (QED) is 0.228. The molecule has 166 valence electrons. The van der Waals surface area contributed by atoms with Crippen molar-refractivity contribution in [2.45, 2.75) is 51.5 Å². The van der Waals surface area contributed by atoms with Crippen LogP contribution < -0.4 is 15.2 Å². The maximum absolute atomic E-state index is 13.9. The molecule has 0 saturated carbocycles. The lowest BCUT2D eigenvalue weighted by Gasteiger charge is -2.10. The SMILES string of the molecule is Nc1nc(F)nc2c1nc(Cc1cc3c(cc1I)OCO3)n2CCCCCCCCO. The third-order valence-electron chi connectivity index (χ3n) is 5.35. The molecular weight excluding hydrogens is 516 g/mol. The number of anilines is 1. The van der Waals surface area contributed by atoms with Gasteiger partial charge in [0.15, 0.2) is 28.5 Å². The summed E-state index contributed by atoms with van der Waals surface area (Å²) in [4.78, 5) is 12.3. The lowest BCUT2D eigenvalue weighted by Crippen LogP contribution is -2.07. The van der Waals surface area contributed by atoms with Crippen molar-refractivity contribution in [3.05, 3.63) is 33.2 Å². The van der Waals surface area contributed by atoms with E-state index < -0.39 is 6.08 Å². The minimum Gasteiger partial charge on any atom is -0.454 e. The number of rotatable bonds is 10. The Labute approximate surface area is 193 Å². The van der Waals surface area contributed by atoms with Crippen LogP contribution in [-0.2, 0) is 13.0 Å². The summed E-state index contributed by atoms with van der Waals surface area (Å²) in [5, 5.41) is 8.88. The minimum atomic E-state index is -0.848. The molecule has 0 bridgehead atoms. The standard InChI is InChI=1S/C21H25FIN5O3/c22-21-26-19(24)18-20(27-21)28(7-5-3-1-2-4-6-8-29)17(25-18)10-13-9-15-16(11-14(13)23)31-12-30-15/h9,11,29H,1-8,10,12H2,(H2,24,26,27). The van der Waals surface area contributed by atoms with E-state index in [9.17, 15) is 4.39 Å². The lowest BCUT2D eigenvalue weighted by molar-refractivity contribution is 0.174. The van der Waals surface area contributed by atoms with Gasteiger partial charge in [-0.05, 0) is 53.1 Å². The van der Waals surface area contributed by atoms with Crippen LogP contribution in [0.1, 0.15) is 49.9 Å². The number of unbranched alkanes of at least 4 members (excludes halogenated alkanes) is 5. The molecule has 10 heteroatoms. The number of fused-ring (bicyclic) bond motifs is 2. The largest absolute Gasteiger partial charge is 0.454 e. The molecule has 0 amide bonds. The van der Waals surface area contributed by atoms with Crippen LogP contribution in [0, 0.1) is 9.65 Å². The second-order valence-corrected chi connectivity index (χ2v) is 8.71. The fourth-order valence-corrected chi connectivity index (χ4v) is 4.39. The van der Waals surface area contributed by atoms with Crippen LogP contribution in [0.25, 0.3) is 11.2 Å². The molecule has 31 heavy (non-hydrogen) atoms. The van der Waals surface area contributed by atoms with Crippen LogP contribution >= 0.6 is 22.6 Å². The highest BCUT2D eigenvalue weighted by molar-refractivity contribution is 14.1. The highest BCUT2D eigenvalue weighted by Gasteiger charge is 2.20. The number of imidazole rings is 1. The summed E-state index contributed by atoms with van der Waals surface area (Å²) in [6.45, 7) is 1.13. The van der Waals surface area contributed by atoms with Crippen LogP contribution in [0.15, 0.2) is 12.1 Å². The van der Waals surface area contributed by atoms with E-state index in [1.54, 1.807) is 0 Å².